The largest absolute Gasteiger partial charge is 0.378 e. The summed E-state index contributed by atoms with van der Waals surface area (Å²) in [6.07, 6.45) is 2.60. The summed E-state index contributed by atoms with van der Waals surface area (Å²) in [5.74, 6) is 0.856. The van der Waals surface area contributed by atoms with E-state index in [-0.39, 0.29) is 24.0 Å². The van der Waals surface area contributed by atoms with Crippen molar-refractivity contribution in [1.82, 2.24) is 10.6 Å². The number of halogens is 1. The third-order valence-electron chi connectivity index (χ3n) is 4.62. The number of para-hydroxylation sites is 1. The summed E-state index contributed by atoms with van der Waals surface area (Å²) < 4.78 is 11.1. The second kappa shape index (κ2) is 11.6. The Morgan fingerprint density at radius 1 is 1.19 bits per heavy atom. The van der Waals surface area contributed by atoms with E-state index in [0.717, 1.165) is 64.8 Å². The van der Waals surface area contributed by atoms with Crippen LogP contribution in [0.3, 0.4) is 0 Å². The van der Waals surface area contributed by atoms with Gasteiger partial charge >= 0.3 is 0 Å². The van der Waals surface area contributed by atoms with E-state index < -0.39 is 0 Å². The Hall–Kier alpha value is -1.06. The van der Waals surface area contributed by atoms with Crippen molar-refractivity contribution in [2.24, 2.45) is 4.99 Å². The zero-order chi connectivity index (χ0) is 17.3. The van der Waals surface area contributed by atoms with Crippen LogP contribution < -0.4 is 15.5 Å². The number of hydrogen-bond donors (Lipinski definition) is 2. The molecule has 1 atom stereocenters. The van der Waals surface area contributed by atoms with Crippen molar-refractivity contribution in [2.45, 2.75) is 32.4 Å². The van der Waals surface area contributed by atoms with E-state index in [4.69, 9.17) is 14.5 Å². The van der Waals surface area contributed by atoms with Crippen LogP contribution in [-0.2, 0) is 16.0 Å². The fraction of sp³-hybridized carbons (Fsp3) is 0.632. The normalized spacial score (nSPS) is 20.6. The van der Waals surface area contributed by atoms with Crippen molar-refractivity contribution >= 4 is 35.6 Å². The van der Waals surface area contributed by atoms with E-state index in [0.29, 0.717) is 12.6 Å². The van der Waals surface area contributed by atoms with Crippen LogP contribution in [0.1, 0.15) is 25.3 Å². The van der Waals surface area contributed by atoms with Crippen molar-refractivity contribution in [3.63, 3.8) is 0 Å². The lowest BCUT2D eigenvalue weighted by molar-refractivity contribution is 0.114. The average Bonchev–Trinajstić information content (AvgIpc) is 3.18. The molecular formula is C19H31IN4O2. The molecule has 2 heterocycles. The van der Waals surface area contributed by atoms with Crippen LogP contribution in [0.25, 0.3) is 0 Å². The first-order valence-corrected chi connectivity index (χ1v) is 9.41. The van der Waals surface area contributed by atoms with Gasteiger partial charge in [0.25, 0.3) is 0 Å². The highest BCUT2D eigenvalue weighted by molar-refractivity contribution is 14.0. The molecule has 1 aromatic rings. The number of nitrogens with one attached hydrogen (secondary N) is 2. The van der Waals surface area contributed by atoms with Crippen LogP contribution in [0, 0.1) is 0 Å². The molecule has 6 nitrogen and oxygen atoms in total. The molecule has 146 valence electrons. The van der Waals surface area contributed by atoms with E-state index >= 15 is 0 Å². The van der Waals surface area contributed by atoms with Gasteiger partial charge in [0.1, 0.15) is 0 Å². The SMILES string of the molecule is CCNC(=NCc1ccccc1N1CCOCC1)NCC1CCCO1.I. The first-order chi connectivity index (χ1) is 12.4. The van der Waals surface area contributed by atoms with E-state index in [1.165, 1.54) is 11.3 Å². The molecule has 3 rings (SSSR count). The van der Waals surface area contributed by atoms with Crippen LogP contribution in [0.5, 0.6) is 0 Å². The lowest BCUT2D eigenvalue weighted by Crippen LogP contribution is -2.41. The van der Waals surface area contributed by atoms with Gasteiger partial charge in [-0.15, -0.1) is 24.0 Å². The standard InChI is InChI=1S/C19H30N4O2.HI/c1-2-20-19(22-15-17-7-5-11-25-17)21-14-16-6-3-4-8-18(16)23-9-12-24-13-10-23;/h3-4,6,8,17H,2,5,7,9-15H2,1H3,(H2,20,21,22);1H. The number of rotatable bonds is 6. The van der Waals surface area contributed by atoms with Crippen LogP contribution in [0.4, 0.5) is 5.69 Å². The molecule has 1 unspecified atom stereocenters. The lowest BCUT2D eigenvalue weighted by Gasteiger charge is -2.30. The van der Waals surface area contributed by atoms with E-state index in [1.54, 1.807) is 0 Å². The Bertz CT molecular complexity index is 558. The third kappa shape index (κ3) is 6.28. The van der Waals surface area contributed by atoms with Crippen LogP contribution in [0.2, 0.25) is 0 Å². The second-order valence-electron chi connectivity index (χ2n) is 6.44. The summed E-state index contributed by atoms with van der Waals surface area (Å²) in [5, 5.41) is 6.74. The molecule has 0 aromatic heterocycles. The summed E-state index contributed by atoms with van der Waals surface area (Å²) >= 11 is 0. The highest BCUT2D eigenvalue weighted by atomic mass is 127. The van der Waals surface area contributed by atoms with Gasteiger partial charge in [-0.1, -0.05) is 18.2 Å². The van der Waals surface area contributed by atoms with Gasteiger partial charge in [0.2, 0.25) is 0 Å². The number of morpholine rings is 1. The minimum Gasteiger partial charge on any atom is -0.378 e. The fourth-order valence-corrected chi connectivity index (χ4v) is 3.28. The first-order valence-electron chi connectivity index (χ1n) is 9.41. The minimum absolute atomic E-state index is 0. The number of hydrogen-bond acceptors (Lipinski definition) is 4. The number of nitrogens with zero attached hydrogens (tertiary/aromatic N) is 2. The molecule has 2 aliphatic heterocycles. The summed E-state index contributed by atoms with van der Waals surface area (Å²) in [4.78, 5) is 7.17. The molecule has 0 bridgehead atoms. The van der Waals surface area contributed by atoms with Gasteiger partial charge in [-0.3, -0.25) is 0 Å². The van der Waals surface area contributed by atoms with E-state index in [1.807, 2.05) is 0 Å². The summed E-state index contributed by atoms with van der Waals surface area (Å²) in [7, 11) is 0. The molecule has 7 heteroatoms. The molecule has 2 N–H and O–H groups in total. The maximum Gasteiger partial charge on any atom is 0.191 e. The van der Waals surface area contributed by atoms with Crippen molar-refractivity contribution in [2.75, 3.05) is 50.9 Å². The molecule has 0 saturated carbocycles. The maximum absolute atomic E-state index is 5.68. The van der Waals surface area contributed by atoms with Crippen LogP contribution >= 0.6 is 24.0 Å². The highest BCUT2D eigenvalue weighted by Crippen LogP contribution is 2.22. The molecule has 0 spiro atoms. The smallest absolute Gasteiger partial charge is 0.191 e. The number of ether oxygens (including phenoxy) is 2. The molecule has 26 heavy (non-hydrogen) atoms. The lowest BCUT2D eigenvalue weighted by atomic mass is 10.1. The van der Waals surface area contributed by atoms with Gasteiger partial charge in [0, 0.05) is 38.5 Å². The fourth-order valence-electron chi connectivity index (χ4n) is 3.28. The zero-order valence-corrected chi connectivity index (χ0v) is 17.9. The predicted molar refractivity (Wildman–Crippen MR) is 117 cm³/mol. The van der Waals surface area contributed by atoms with Crippen molar-refractivity contribution < 1.29 is 9.47 Å². The Morgan fingerprint density at radius 2 is 2.00 bits per heavy atom. The maximum atomic E-state index is 5.68. The molecule has 0 aliphatic carbocycles. The van der Waals surface area contributed by atoms with Gasteiger partial charge in [-0.2, -0.15) is 0 Å². The van der Waals surface area contributed by atoms with Gasteiger partial charge in [-0.05, 0) is 31.4 Å². The van der Waals surface area contributed by atoms with Crippen LogP contribution in [0.15, 0.2) is 29.3 Å². The Morgan fingerprint density at radius 3 is 2.73 bits per heavy atom. The molecule has 2 fully saturated rings. The second-order valence-corrected chi connectivity index (χ2v) is 6.44. The van der Waals surface area contributed by atoms with Crippen molar-refractivity contribution in [3.8, 4) is 0 Å². The Labute approximate surface area is 173 Å². The third-order valence-corrected chi connectivity index (χ3v) is 4.62. The van der Waals surface area contributed by atoms with Gasteiger partial charge < -0.3 is 25.0 Å². The molecular weight excluding hydrogens is 443 g/mol. The summed E-state index contributed by atoms with van der Waals surface area (Å²) in [5.41, 5.74) is 2.52. The molecule has 0 radical (unpaired) electrons. The Kier molecular flexibility index (Phi) is 9.49. The zero-order valence-electron chi connectivity index (χ0n) is 15.6. The molecule has 2 saturated heterocycles. The van der Waals surface area contributed by atoms with Crippen molar-refractivity contribution in [1.29, 1.82) is 0 Å². The van der Waals surface area contributed by atoms with Crippen LogP contribution in [-0.4, -0.2) is 58.1 Å². The van der Waals surface area contributed by atoms with Gasteiger partial charge in [0.05, 0.1) is 25.9 Å². The number of aliphatic imine (C=N–C) groups is 1. The predicted octanol–water partition coefficient (Wildman–Crippen LogP) is 2.38. The summed E-state index contributed by atoms with van der Waals surface area (Å²) in [6, 6.07) is 8.53. The number of benzene rings is 1. The quantitative estimate of drug-likeness (QED) is 0.377. The number of guanidine groups is 1. The molecule has 1 aromatic carbocycles. The number of anilines is 1. The summed E-state index contributed by atoms with van der Waals surface area (Å²) in [6.45, 7) is 8.77. The topological polar surface area (TPSA) is 58.1 Å². The molecule has 2 aliphatic rings. The van der Waals surface area contributed by atoms with E-state index in [2.05, 4.69) is 46.7 Å². The molecule has 0 amide bonds. The van der Waals surface area contributed by atoms with E-state index in [9.17, 15) is 0 Å². The monoisotopic (exact) mass is 474 g/mol. The first kappa shape index (κ1) is 21.2. The minimum atomic E-state index is 0. The van der Waals surface area contributed by atoms with Gasteiger partial charge in [-0.25, -0.2) is 4.99 Å². The van der Waals surface area contributed by atoms with Gasteiger partial charge in [0.15, 0.2) is 5.96 Å². The average molecular weight is 474 g/mol. The Balaban J connectivity index is 0.00000243. The highest BCUT2D eigenvalue weighted by Gasteiger charge is 2.16. The van der Waals surface area contributed by atoms with Crippen molar-refractivity contribution in [3.05, 3.63) is 29.8 Å².